The third-order valence-electron chi connectivity index (χ3n) is 5.26. The molecule has 0 aliphatic carbocycles. The van der Waals surface area contributed by atoms with E-state index in [0.29, 0.717) is 10.6 Å². The summed E-state index contributed by atoms with van der Waals surface area (Å²) in [6.45, 7) is 1.63. The monoisotopic (exact) mass is 553 g/mol. The van der Waals surface area contributed by atoms with Crippen LogP contribution in [0.1, 0.15) is 38.0 Å². The molecule has 3 aromatic heterocycles. The highest BCUT2D eigenvalue weighted by Crippen LogP contribution is 2.24. The molecule has 0 radical (unpaired) electrons. The van der Waals surface area contributed by atoms with E-state index in [1.54, 1.807) is 0 Å². The molecule has 3 heterocycles. The predicted molar refractivity (Wildman–Crippen MR) is 126 cm³/mol. The minimum atomic E-state index is -4.51. The predicted octanol–water partition coefficient (Wildman–Crippen LogP) is 4.10. The van der Waals surface area contributed by atoms with E-state index in [1.807, 2.05) is 0 Å². The first-order valence-corrected chi connectivity index (χ1v) is 11.5. The first-order valence-electron chi connectivity index (χ1n) is 11.2. The molecule has 0 spiro atoms. The molecule has 0 aliphatic rings. The zero-order chi connectivity index (χ0) is 27.6. The Morgan fingerprint density at radius 3 is 2.50 bits per heavy atom. The number of halogens is 5. The molecule has 4 aromatic rings. The van der Waals surface area contributed by atoms with Gasteiger partial charge in [-0.25, -0.2) is 23.8 Å². The highest BCUT2D eigenvalue weighted by atomic mass is 35.5. The maximum Gasteiger partial charge on any atom is 0.390 e. The van der Waals surface area contributed by atoms with Gasteiger partial charge >= 0.3 is 17.8 Å². The number of esters is 1. The Morgan fingerprint density at radius 1 is 1.16 bits per heavy atom. The molecule has 15 heteroatoms. The summed E-state index contributed by atoms with van der Waals surface area (Å²) in [5, 5.41) is 8.83. The topological polar surface area (TPSA) is 110 Å². The third kappa shape index (κ3) is 6.07. The van der Waals surface area contributed by atoms with Gasteiger partial charge < -0.3 is 4.74 Å². The summed E-state index contributed by atoms with van der Waals surface area (Å²) in [4.78, 5) is 32.9. The molecule has 4 rings (SSSR count). The van der Waals surface area contributed by atoms with Crippen LogP contribution < -0.4 is 5.69 Å². The van der Waals surface area contributed by atoms with Crippen LogP contribution >= 0.6 is 11.6 Å². The number of hydrogen-bond acceptors (Lipinski definition) is 7. The van der Waals surface area contributed by atoms with E-state index in [9.17, 15) is 27.2 Å². The van der Waals surface area contributed by atoms with E-state index in [0.717, 1.165) is 20.0 Å². The number of aromatic nitrogens is 7. The summed E-state index contributed by atoms with van der Waals surface area (Å²) in [6.07, 6.45) is -5.41. The van der Waals surface area contributed by atoms with Crippen molar-refractivity contribution in [2.75, 3.05) is 0 Å². The van der Waals surface area contributed by atoms with Gasteiger partial charge in [-0.3, -0.25) is 9.36 Å². The summed E-state index contributed by atoms with van der Waals surface area (Å²) in [7, 11) is 0. The van der Waals surface area contributed by atoms with E-state index in [2.05, 4.69) is 20.2 Å². The molecular weight excluding hydrogens is 534 g/mol. The fourth-order valence-electron chi connectivity index (χ4n) is 3.62. The molecule has 0 aliphatic heterocycles. The van der Waals surface area contributed by atoms with Crippen LogP contribution in [0, 0.1) is 5.82 Å². The average molecular weight is 554 g/mol. The lowest BCUT2D eigenvalue weighted by molar-refractivity contribution is -0.146. The molecule has 0 amide bonds. The number of hydrogen-bond donors (Lipinski definition) is 0. The second kappa shape index (κ2) is 10.7. The lowest BCUT2D eigenvalue weighted by atomic mass is 10.2. The van der Waals surface area contributed by atoms with Crippen molar-refractivity contribution in [3.63, 3.8) is 0 Å². The zero-order valence-corrected chi connectivity index (χ0v) is 20.7. The molecule has 0 saturated carbocycles. The van der Waals surface area contributed by atoms with Crippen molar-refractivity contribution in [3.05, 3.63) is 75.6 Å². The number of benzene rings is 1. The van der Waals surface area contributed by atoms with Crippen LogP contribution in [-0.2, 0) is 22.6 Å². The van der Waals surface area contributed by atoms with Gasteiger partial charge in [0, 0.05) is 30.3 Å². The largest absolute Gasteiger partial charge is 0.455 e. The second-order valence-electron chi connectivity index (χ2n) is 8.15. The van der Waals surface area contributed by atoms with E-state index in [1.165, 1.54) is 50.4 Å². The molecule has 1 atom stereocenters. The summed E-state index contributed by atoms with van der Waals surface area (Å²) < 4.78 is 61.4. The number of carbonyl (C=O) groups is 1. The Morgan fingerprint density at radius 2 is 1.87 bits per heavy atom. The molecule has 0 fully saturated rings. The van der Waals surface area contributed by atoms with E-state index in [4.69, 9.17) is 16.3 Å². The van der Waals surface area contributed by atoms with Crippen molar-refractivity contribution in [2.45, 2.75) is 45.6 Å². The summed E-state index contributed by atoms with van der Waals surface area (Å²) in [5.41, 5.74) is -0.472. The minimum Gasteiger partial charge on any atom is -0.455 e. The van der Waals surface area contributed by atoms with Crippen molar-refractivity contribution in [3.8, 4) is 17.2 Å². The lowest BCUT2D eigenvalue weighted by Gasteiger charge is -2.12. The van der Waals surface area contributed by atoms with Crippen molar-refractivity contribution in [2.24, 2.45) is 0 Å². The van der Waals surface area contributed by atoms with Crippen molar-refractivity contribution in [1.29, 1.82) is 0 Å². The first kappa shape index (κ1) is 27.0. The van der Waals surface area contributed by atoms with E-state index < -0.39 is 42.7 Å². The van der Waals surface area contributed by atoms with Crippen molar-refractivity contribution < 1.29 is 27.1 Å². The van der Waals surface area contributed by atoms with Crippen LogP contribution in [0.25, 0.3) is 17.2 Å². The van der Waals surface area contributed by atoms with Gasteiger partial charge in [0.1, 0.15) is 6.54 Å². The van der Waals surface area contributed by atoms with E-state index in [-0.39, 0.29) is 29.8 Å². The second-order valence-corrected chi connectivity index (χ2v) is 8.58. The number of carbonyl (C=O) groups excluding carboxylic acids is 1. The maximum absolute atomic E-state index is 14.5. The third-order valence-corrected chi connectivity index (χ3v) is 5.51. The number of rotatable bonds is 8. The van der Waals surface area contributed by atoms with Crippen molar-refractivity contribution in [1.82, 2.24) is 34.1 Å². The maximum atomic E-state index is 14.5. The lowest BCUT2D eigenvalue weighted by Crippen LogP contribution is -2.27. The zero-order valence-electron chi connectivity index (χ0n) is 20.0. The van der Waals surface area contributed by atoms with Gasteiger partial charge in [-0.15, -0.1) is 10.2 Å². The fourth-order valence-corrected chi connectivity index (χ4v) is 3.75. The van der Waals surface area contributed by atoms with Gasteiger partial charge in [-0.2, -0.15) is 17.9 Å². The quantitative estimate of drug-likeness (QED) is 0.239. The van der Waals surface area contributed by atoms with E-state index >= 15 is 0 Å². The van der Waals surface area contributed by atoms with Crippen LogP contribution in [0.15, 0.2) is 47.4 Å². The van der Waals surface area contributed by atoms with Crippen LogP contribution in [0.5, 0.6) is 0 Å². The Hall–Kier alpha value is -4.07. The summed E-state index contributed by atoms with van der Waals surface area (Å²) >= 11 is 5.91. The highest BCUT2D eigenvalue weighted by Gasteiger charge is 2.29. The Bertz CT molecular complexity index is 1510. The van der Waals surface area contributed by atoms with Crippen LogP contribution in [-0.4, -0.2) is 46.2 Å². The smallest absolute Gasteiger partial charge is 0.390 e. The number of pyridine rings is 1. The average Bonchev–Trinajstić information content (AvgIpc) is 3.39. The highest BCUT2D eigenvalue weighted by molar-refractivity contribution is 6.30. The number of nitrogens with zero attached hydrogens (tertiary/aromatic N) is 7. The molecule has 0 saturated heterocycles. The van der Waals surface area contributed by atoms with Crippen LogP contribution in [0.3, 0.4) is 0 Å². The molecule has 200 valence electrons. The van der Waals surface area contributed by atoms with Gasteiger partial charge in [-0.1, -0.05) is 11.6 Å². The normalized spacial score (nSPS) is 12.5. The SMILES string of the molecule is CC(=O)OC(C)c1nc(Cn2nc(-c3ccc(Cl)cc3)n(CCC(F)(F)F)c2=O)nn1-c1ncccc1F. The van der Waals surface area contributed by atoms with Gasteiger partial charge in [0.25, 0.3) is 0 Å². The van der Waals surface area contributed by atoms with Crippen LogP contribution in [0.4, 0.5) is 17.6 Å². The van der Waals surface area contributed by atoms with Crippen molar-refractivity contribution >= 4 is 17.6 Å². The fraction of sp³-hybridized carbons (Fsp3) is 0.304. The number of ether oxygens (including phenoxy) is 1. The molecule has 1 unspecified atom stereocenters. The standard InChI is InChI=1S/C23H20ClF4N7O3/c1-13(38-14(2)36)19-30-18(31-35(19)21-17(25)4-3-10-29-21)12-34-22(37)33(11-9-23(26,27)28)20(32-34)15-5-7-16(24)8-6-15/h3-8,10,13H,9,11-12H2,1-2H3. The molecule has 10 nitrogen and oxygen atoms in total. The molecule has 0 bridgehead atoms. The molecular formula is C23H20ClF4N7O3. The summed E-state index contributed by atoms with van der Waals surface area (Å²) in [5.74, 6) is -1.64. The Balaban J connectivity index is 1.77. The molecule has 1 aromatic carbocycles. The van der Waals surface area contributed by atoms with Gasteiger partial charge in [0.15, 0.2) is 35.2 Å². The van der Waals surface area contributed by atoms with Crippen LogP contribution in [0.2, 0.25) is 5.02 Å². The molecule has 38 heavy (non-hydrogen) atoms. The minimum absolute atomic E-state index is 0.00952. The number of alkyl halides is 3. The Labute approximate surface area is 217 Å². The van der Waals surface area contributed by atoms with Gasteiger partial charge in [0.05, 0.1) is 6.42 Å². The molecule has 0 N–H and O–H groups in total. The summed E-state index contributed by atoms with van der Waals surface area (Å²) in [6, 6.07) is 8.60. The first-order chi connectivity index (χ1) is 17.9. The Kier molecular flexibility index (Phi) is 7.62. The van der Waals surface area contributed by atoms with Gasteiger partial charge in [0.2, 0.25) is 0 Å². The van der Waals surface area contributed by atoms with Gasteiger partial charge in [-0.05, 0) is 43.3 Å².